The first kappa shape index (κ1) is 25.2. The summed E-state index contributed by atoms with van der Waals surface area (Å²) >= 11 is 0. The van der Waals surface area contributed by atoms with E-state index in [1.54, 1.807) is 4.90 Å². The first-order valence-electron chi connectivity index (χ1n) is 11.6. The molecule has 4 rings (SSSR count). The van der Waals surface area contributed by atoms with E-state index >= 15 is 0 Å². The van der Waals surface area contributed by atoms with Crippen molar-refractivity contribution in [3.05, 3.63) is 131 Å². The van der Waals surface area contributed by atoms with Gasteiger partial charge in [-0.3, -0.25) is 4.79 Å². The van der Waals surface area contributed by atoms with Gasteiger partial charge < -0.3 is 19.8 Å². The van der Waals surface area contributed by atoms with Crippen molar-refractivity contribution in [3.8, 4) is 11.5 Å². The summed E-state index contributed by atoms with van der Waals surface area (Å²) in [7, 11) is 0. The highest BCUT2D eigenvalue weighted by molar-refractivity contribution is 6.02. The Morgan fingerprint density at radius 2 is 1.11 bits per heavy atom. The van der Waals surface area contributed by atoms with Gasteiger partial charge in [0.15, 0.2) is 0 Å². The quantitative estimate of drug-likeness (QED) is 0.295. The second kappa shape index (κ2) is 11.7. The molecule has 0 unspecified atom stereocenters. The van der Waals surface area contributed by atoms with Crippen molar-refractivity contribution < 1.29 is 29.3 Å². The molecule has 0 heterocycles. The minimum atomic E-state index is -1.36. The number of carbonyl (C=O) groups excluding carboxylic acids is 1. The van der Waals surface area contributed by atoms with Gasteiger partial charge in [-0.05, 0) is 53.1 Å². The molecule has 2 N–H and O–H groups in total. The molecular formula is C30H25NO6. The number of benzene rings is 4. The number of rotatable bonds is 10. The molecule has 0 aromatic heterocycles. The van der Waals surface area contributed by atoms with Crippen LogP contribution in [0.3, 0.4) is 0 Å². The van der Waals surface area contributed by atoms with Gasteiger partial charge in [-0.2, -0.15) is 0 Å². The van der Waals surface area contributed by atoms with Crippen LogP contribution in [-0.4, -0.2) is 33.0 Å². The van der Waals surface area contributed by atoms with Gasteiger partial charge in [0, 0.05) is 13.1 Å². The average Bonchev–Trinajstić information content (AvgIpc) is 2.90. The fourth-order valence-corrected chi connectivity index (χ4v) is 3.90. The molecule has 4 aromatic rings. The summed E-state index contributed by atoms with van der Waals surface area (Å²) in [6.45, 7) is 0.694. The Kier molecular flexibility index (Phi) is 7.95. The predicted molar refractivity (Wildman–Crippen MR) is 138 cm³/mol. The van der Waals surface area contributed by atoms with Crippen molar-refractivity contribution >= 4 is 17.8 Å². The van der Waals surface area contributed by atoms with E-state index < -0.39 is 11.9 Å². The maximum Gasteiger partial charge on any atom is 0.336 e. The lowest BCUT2D eigenvalue weighted by atomic mass is 10.0. The highest BCUT2D eigenvalue weighted by Gasteiger charge is 2.20. The van der Waals surface area contributed by atoms with Crippen LogP contribution in [-0.2, 0) is 24.3 Å². The molecule has 7 nitrogen and oxygen atoms in total. The molecule has 0 aliphatic heterocycles. The third-order valence-electron chi connectivity index (χ3n) is 5.74. The van der Waals surface area contributed by atoms with Crippen LogP contribution >= 0.6 is 0 Å². The minimum absolute atomic E-state index is 0.0672. The maximum absolute atomic E-state index is 13.4. The Morgan fingerprint density at radius 1 is 0.595 bits per heavy atom. The number of hydrogen-bond acceptors (Lipinski definition) is 4. The molecule has 0 saturated heterocycles. The van der Waals surface area contributed by atoms with Crippen LogP contribution in [0.5, 0.6) is 11.5 Å². The van der Waals surface area contributed by atoms with Crippen molar-refractivity contribution in [1.29, 1.82) is 0 Å². The lowest BCUT2D eigenvalue weighted by Crippen LogP contribution is -2.31. The van der Waals surface area contributed by atoms with E-state index in [4.69, 9.17) is 4.74 Å². The molecule has 0 radical (unpaired) electrons. The number of ether oxygens (including phenoxy) is 1. The lowest BCUT2D eigenvalue weighted by Gasteiger charge is -2.23. The molecule has 0 spiro atoms. The zero-order valence-electron chi connectivity index (χ0n) is 19.9. The van der Waals surface area contributed by atoms with Crippen LogP contribution in [0, 0.1) is 0 Å². The molecule has 1 amide bonds. The molecule has 0 aliphatic rings. The van der Waals surface area contributed by atoms with E-state index in [1.165, 1.54) is 18.2 Å². The summed E-state index contributed by atoms with van der Waals surface area (Å²) in [4.78, 5) is 38.0. The summed E-state index contributed by atoms with van der Waals surface area (Å²) in [6.07, 6.45) is -0.0672. The molecule has 4 aromatic carbocycles. The summed E-state index contributed by atoms with van der Waals surface area (Å²) in [6, 6.07) is 30.4. The zero-order valence-corrected chi connectivity index (χ0v) is 19.9. The molecule has 0 fully saturated rings. The van der Waals surface area contributed by atoms with E-state index in [0.29, 0.717) is 24.4 Å². The summed E-state index contributed by atoms with van der Waals surface area (Å²) in [5.74, 6) is -1.50. The average molecular weight is 496 g/mol. The van der Waals surface area contributed by atoms with Crippen molar-refractivity contribution in [3.63, 3.8) is 0 Å². The lowest BCUT2D eigenvalue weighted by molar-refractivity contribution is -0.131. The maximum atomic E-state index is 13.4. The number of carbonyl (C=O) groups is 3. The molecule has 0 bridgehead atoms. The molecule has 0 aliphatic carbocycles. The van der Waals surface area contributed by atoms with Crippen LogP contribution in [0.25, 0.3) is 0 Å². The molecule has 186 valence electrons. The minimum Gasteiger partial charge on any atom is -0.478 e. The van der Waals surface area contributed by atoms with Gasteiger partial charge in [0.05, 0.1) is 17.5 Å². The van der Waals surface area contributed by atoms with E-state index in [0.717, 1.165) is 16.9 Å². The first-order chi connectivity index (χ1) is 17.9. The normalized spacial score (nSPS) is 10.5. The van der Waals surface area contributed by atoms with Crippen molar-refractivity contribution in [2.75, 3.05) is 0 Å². The Labute approximate surface area is 214 Å². The van der Waals surface area contributed by atoms with Crippen LogP contribution < -0.4 is 4.74 Å². The monoisotopic (exact) mass is 495 g/mol. The molecule has 37 heavy (non-hydrogen) atoms. The van der Waals surface area contributed by atoms with Gasteiger partial charge in [0.1, 0.15) is 11.5 Å². The smallest absolute Gasteiger partial charge is 0.336 e. The number of para-hydroxylation sites is 1. The van der Waals surface area contributed by atoms with Gasteiger partial charge in [-0.15, -0.1) is 0 Å². The van der Waals surface area contributed by atoms with Crippen LogP contribution in [0.1, 0.15) is 37.4 Å². The molecule has 0 saturated carbocycles. The Bertz CT molecular complexity index is 1390. The fraction of sp³-hybridized carbons (Fsp3) is 0.100. The van der Waals surface area contributed by atoms with Gasteiger partial charge in [-0.1, -0.05) is 66.7 Å². The third-order valence-corrected chi connectivity index (χ3v) is 5.74. The Balaban J connectivity index is 1.53. The predicted octanol–water partition coefficient (Wildman–Crippen LogP) is 5.65. The number of hydrogen-bond donors (Lipinski definition) is 2. The van der Waals surface area contributed by atoms with Crippen molar-refractivity contribution in [1.82, 2.24) is 4.90 Å². The third kappa shape index (κ3) is 6.82. The summed E-state index contributed by atoms with van der Waals surface area (Å²) in [5.41, 5.74) is 1.62. The number of carboxylic acid groups (broad SMARTS) is 2. The highest BCUT2D eigenvalue weighted by atomic mass is 16.5. The van der Waals surface area contributed by atoms with E-state index in [1.807, 2.05) is 84.9 Å². The van der Waals surface area contributed by atoms with Crippen molar-refractivity contribution in [2.24, 2.45) is 0 Å². The first-order valence-corrected chi connectivity index (χ1v) is 11.6. The van der Waals surface area contributed by atoms with E-state index in [9.17, 15) is 24.6 Å². The number of aromatic carboxylic acids is 2. The van der Waals surface area contributed by atoms with Crippen LogP contribution in [0.4, 0.5) is 0 Å². The van der Waals surface area contributed by atoms with E-state index in [2.05, 4.69) is 0 Å². The Morgan fingerprint density at radius 3 is 1.70 bits per heavy atom. The van der Waals surface area contributed by atoms with Gasteiger partial charge in [0.25, 0.3) is 0 Å². The topological polar surface area (TPSA) is 104 Å². The van der Waals surface area contributed by atoms with Crippen LogP contribution in [0.2, 0.25) is 0 Å². The second-order valence-corrected chi connectivity index (χ2v) is 8.46. The van der Waals surface area contributed by atoms with Gasteiger partial charge in [0.2, 0.25) is 5.91 Å². The standard InChI is InChI=1S/C30H25NO6/c32-28(18-23-13-16-26(29(33)34)27(17-23)30(35)36)31(19-21-7-3-1-4-8-21)20-22-11-14-25(15-12-22)37-24-9-5-2-6-10-24/h1-17H,18-20H2,(H,33,34)(H,35,36). The van der Waals surface area contributed by atoms with E-state index in [-0.39, 0.29) is 23.5 Å². The molecular weight excluding hydrogens is 470 g/mol. The molecule has 7 heteroatoms. The zero-order chi connectivity index (χ0) is 26.2. The summed E-state index contributed by atoms with van der Waals surface area (Å²) < 4.78 is 5.85. The summed E-state index contributed by atoms with van der Waals surface area (Å²) in [5, 5.41) is 18.7. The fourth-order valence-electron chi connectivity index (χ4n) is 3.90. The Hall–Kier alpha value is -4.91. The number of carboxylic acids is 2. The van der Waals surface area contributed by atoms with Crippen molar-refractivity contribution in [2.45, 2.75) is 19.5 Å². The number of nitrogens with zero attached hydrogens (tertiary/aromatic N) is 1. The van der Waals surface area contributed by atoms with Crippen LogP contribution in [0.15, 0.2) is 103 Å². The molecule has 0 atom stereocenters. The van der Waals surface area contributed by atoms with Gasteiger partial charge in [-0.25, -0.2) is 9.59 Å². The SMILES string of the molecule is O=C(O)c1ccc(CC(=O)N(Cc2ccccc2)Cc2ccc(Oc3ccccc3)cc2)cc1C(=O)O. The largest absolute Gasteiger partial charge is 0.478 e. The van der Waals surface area contributed by atoms with Gasteiger partial charge >= 0.3 is 11.9 Å². The number of amides is 1. The highest BCUT2D eigenvalue weighted by Crippen LogP contribution is 2.22. The second-order valence-electron chi connectivity index (χ2n) is 8.46.